The quantitative estimate of drug-likeness (QED) is 0.220. The normalized spacial score (nSPS) is 29.0. The fourth-order valence-electron chi connectivity index (χ4n) is 8.03. The number of hydrogen-bond donors (Lipinski definition) is 0. The summed E-state index contributed by atoms with van der Waals surface area (Å²) in [6.07, 6.45) is 29.4. The molecular weight excluding hydrogens is 392 g/mol. The number of unbranched alkanes of at least 4 members (excludes halogenated alkanes) is 6. The second-order valence-corrected chi connectivity index (χ2v) is 11.8. The highest BCUT2D eigenvalue weighted by atomic mass is 16.5. The number of ether oxygens (including phenoxy) is 1. The smallest absolute Gasteiger partial charge is 0.312 e. The molecule has 0 aromatic rings. The Labute approximate surface area is 200 Å². The Morgan fingerprint density at radius 1 is 0.688 bits per heavy atom. The highest BCUT2D eigenvalue weighted by Crippen LogP contribution is 2.61. The van der Waals surface area contributed by atoms with Crippen molar-refractivity contribution < 1.29 is 9.53 Å². The maximum Gasteiger partial charge on any atom is 0.312 e. The van der Waals surface area contributed by atoms with E-state index in [1.165, 1.54) is 128 Å². The minimum Gasteiger partial charge on any atom is -0.466 e. The zero-order valence-electron chi connectivity index (χ0n) is 21.7. The van der Waals surface area contributed by atoms with Gasteiger partial charge in [0.1, 0.15) is 0 Å². The highest BCUT2D eigenvalue weighted by Gasteiger charge is 2.57. The third-order valence-electron chi connectivity index (χ3n) is 9.95. The summed E-state index contributed by atoms with van der Waals surface area (Å²) in [6, 6.07) is 0. The maximum atomic E-state index is 13.6. The van der Waals surface area contributed by atoms with E-state index in [4.69, 9.17) is 4.74 Å². The van der Waals surface area contributed by atoms with Crippen molar-refractivity contribution in [1.29, 1.82) is 0 Å². The first-order valence-corrected chi connectivity index (χ1v) is 14.8. The molecule has 0 spiro atoms. The molecule has 0 atom stereocenters. The van der Waals surface area contributed by atoms with Crippen molar-refractivity contribution in [3.05, 3.63) is 0 Å². The Balaban J connectivity index is 1.69. The van der Waals surface area contributed by atoms with E-state index < -0.39 is 0 Å². The van der Waals surface area contributed by atoms with Crippen molar-refractivity contribution in [3.63, 3.8) is 0 Å². The fourth-order valence-corrected chi connectivity index (χ4v) is 8.03. The van der Waals surface area contributed by atoms with E-state index >= 15 is 0 Å². The number of rotatable bonds is 12. The summed E-state index contributed by atoms with van der Waals surface area (Å²) >= 11 is 0. The van der Waals surface area contributed by atoms with Crippen LogP contribution in [0.2, 0.25) is 0 Å². The van der Waals surface area contributed by atoms with Gasteiger partial charge in [0.2, 0.25) is 0 Å². The van der Waals surface area contributed by atoms with Gasteiger partial charge in [0.05, 0.1) is 12.0 Å². The molecular formula is C30H54O2. The zero-order valence-corrected chi connectivity index (χ0v) is 21.7. The molecule has 3 rings (SSSR count). The van der Waals surface area contributed by atoms with E-state index in [0.717, 1.165) is 24.7 Å². The molecule has 2 nitrogen and oxygen atoms in total. The highest BCUT2D eigenvalue weighted by molar-refractivity contribution is 5.78. The Bertz CT molecular complexity index is 519. The van der Waals surface area contributed by atoms with E-state index in [0.29, 0.717) is 6.61 Å². The molecule has 0 saturated heterocycles. The third kappa shape index (κ3) is 6.32. The average Bonchev–Trinajstić information content (AvgIpc) is 2.85. The molecule has 3 aliphatic carbocycles. The molecule has 0 N–H and O–H groups in total. The average molecular weight is 447 g/mol. The molecule has 0 aliphatic heterocycles. The molecule has 0 heterocycles. The SMILES string of the molecule is CCCCCCCCCC1(C2(C(=O)OCC)CCCCC2)CCC(C2CCCCC2)CC1. The summed E-state index contributed by atoms with van der Waals surface area (Å²) in [5.74, 6) is 2.09. The predicted molar refractivity (Wildman–Crippen MR) is 136 cm³/mol. The lowest BCUT2D eigenvalue weighted by molar-refractivity contribution is -0.174. The second kappa shape index (κ2) is 13.4. The first kappa shape index (κ1) is 26.1. The van der Waals surface area contributed by atoms with Crippen LogP contribution in [-0.2, 0) is 9.53 Å². The number of carbonyl (C=O) groups is 1. The largest absolute Gasteiger partial charge is 0.466 e. The molecule has 0 amide bonds. The van der Waals surface area contributed by atoms with E-state index in [9.17, 15) is 4.79 Å². The van der Waals surface area contributed by atoms with Crippen molar-refractivity contribution in [2.24, 2.45) is 22.7 Å². The van der Waals surface area contributed by atoms with Crippen LogP contribution in [0.1, 0.15) is 155 Å². The van der Waals surface area contributed by atoms with E-state index in [-0.39, 0.29) is 16.8 Å². The third-order valence-corrected chi connectivity index (χ3v) is 9.95. The van der Waals surface area contributed by atoms with Gasteiger partial charge in [0.25, 0.3) is 0 Å². The molecule has 0 radical (unpaired) electrons. The maximum absolute atomic E-state index is 13.6. The predicted octanol–water partition coefficient (Wildman–Crippen LogP) is 9.40. The lowest BCUT2D eigenvalue weighted by Crippen LogP contribution is -2.52. The van der Waals surface area contributed by atoms with Gasteiger partial charge < -0.3 is 4.74 Å². The summed E-state index contributed by atoms with van der Waals surface area (Å²) in [7, 11) is 0. The van der Waals surface area contributed by atoms with Gasteiger partial charge in [0, 0.05) is 0 Å². The molecule has 2 heteroatoms. The molecule has 0 aromatic carbocycles. The number of hydrogen-bond acceptors (Lipinski definition) is 2. The fraction of sp³-hybridized carbons (Fsp3) is 0.967. The summed E-state index contributed by atoms with van der Waals surface area (Å²) in [5.41, 5.74) is 0.0370. The minimum atomic E-state index is -0.180. The van der Waals surface area contributed by atoms with Gasteiger partial charge in [-0.05, 0) is 69.1 Å². The Hall–Kier alpha value is -0.530. The van der Waals surface area contributed by atoms with E-state index in [1.54, 1.807) is 0 Å². The van der Waals surface area contributed by atoms with Crippen LogP contribution in [0.5, 0.6) is 0 Å². The molecule has 3 fully saturated rings. The van der Waals surface area contributed by atoms with Crippen LogP contribution < -0.4 is 0 Å². The van der Waals surface area contributed by atoms with Crippen molar-refractivity contribution in [2.45, 2.75) is 155 Å². The van der Waals surface area contributed by atoms with Crippen molar-refractivity contribution in [2.75, 3.05) is 6.61 Å². The zero-order chi connectivity index (χ0) is 22.7. The van der Waals surface area contributed by atoms with Gasteiger partial charge in [-0.3, -0.25) is 4.79 Å². The van der Waals surface area contributed by atoms with E-state index in [2.05, 4.69) is 6.92 Å². The summed E-state index contributed by atoms with van der Waals surface area (Å²) < 4.78 is 5.84. The van der Waals surface area contributed by atoms with Crippen LogP contribution in [0.25, 0.3) is 0 Å². The van der Waals surface area contributed by atoms with Gasteiger partial charge in [0.15, 0.2) is 0 Å². The lowest BCUT2D eigenvalue weighted by Gasteiger charge is -2.55. The Morgan fingerprint density at radius 2 is 1.25 bits per heavy atom. The molecule has 3 aliphatic rings. The van der Waals surface area contributed by atoms with Crippen molar-refractivity contribution in [1.82, 2.24) is 0 Å². The lowest BCUT2D eigenvalue weighted by atomic mass is 9.49. The van der Waals surface area contributed by atoms with Crippen LogP contribution in [-0.4, -0.2) is 12.6 Å². The molecule has 0 aromatic heterocycles. The first-order valence-electron chi connectivity index (χ1n) is 14.8. The summed E-state index contributed by atoms with van der Waals surface area (Å²) in [6.45, 7) is 4.84. The summed E-state index contributed by atoms with van der Waals surface area (Å²) in [5, 5.41) is 0. The van der Waals surface area contributed by atoms with Crippen molar-refractivity contribution in [3.8, 4) is 0 Å². The number of carbonyl (C=O) groups excluding carboxylic acids is 1. The van der Waals surface area contributed by atoms with Gasteiger partial charge in [-0.1, -0.05) is 103 Å². The van der Waals surface area contributed by atoms with Gasteiger partial charge in [-0.2, -0.15) is 0 Å². The van der Waals surface area contributed by atoms with Gasteiger partial charge >= 0.3 is 5.97 Å². The van der Waals surface area contributed by atoms with Crippen molar-refractivity contribution >= 4 is 5.97 Å². The first-order chi connectivity index (χ1) is 15.7. The monoisotopic (exact) mass is 446 g/mol. The van der Waals surface area contributed by atoms with Gasteiger partial charge in [-0.25, -0.2) is 0 Å². The van der Waals surface area contributed by atoms with Crippen LogP contribution in [0.15, 0.2) is 0 Å². The van der Waals surface area contributed by atoms with Crippen LogP contribution in [0, 0.1) is 22.7 Å². The van der Waals surface area contributed by atoms with Crippen LogP contribution >= 0.6 is 0 Å². The Kier molecular flexibility index (Phi) is 10.9. The van der Waals surface area contributed by atoms with Crippen LogP contribution in [0.4, 0.5) is 0 Å². The molecule has 0 bridgehead atoms. The summed E-state index contributed by atoms with van der Waals surface area (Å²) in [4.78, 5) is 13.6. The molecule has 186 valence electrons. The Morgan fingerprint density at radius 3 is 1.88 bits per heavy atom. The van der Waals surface area contributed by atoms with E-state index in [1.807, 2.05) is 6.92 Å². The van der Waals surface area contributed by atoms with Crippen LogP contribution in [0.3, 0.4) is 0 Å². The number of esters is 1. The second-order valence-electron chi connectivity index (χ2n) is 11.8. The minimum absolute atomic E-state index is 0.179. The van der Waals surface area contributed by atoms with Gasteiger partial charge in [-0.15, -0.1) is 0 Å². The molecule has 3 saturated carbocycles. The molecule has 32 heavy (non-hydrogen) atoms. The molecule has 0 unspecified atom stereocenters. The standard InChI is InChI=1S/C30H54O2/c1-3-5-6-7-8-9-14-21-29(30(28(31)32-4-2)22-15-11-16-23-30)24-19-27(20-25-29)26-17-12-10-13-18-26/h26-27H,3-25H2,1-2H3. The topological polar surface area (TPSA) is 26.3 Å².